The summed E-state index contributed by atoms with van der Waals surface area (Å²) < 4.78 is 5.23. The molecule has 6 N–H and O–H groups in total. The van der Waals surface area contributed by atoms with Crippen molar-refractivity contribution in [1.29, 1.82) is 0 Å². The van der Waals surface area contributed by atoms with Gasteiger partial charge in [-0.2, -0.15) is 0 Å². The number of aromatic amines is 1. The van der Waals surface area contributed by atoms with Crippen LogP contribution < -0.4 is 16.8 Å². The number of ether oxygens (including phenoxy) is 1. The second-order valence-electron chi connectivity index (χ2n) is 5.43. The maximum Gasteiger partial charge on any atom is 0.265 e. The number of carbonyl (C=O) groups is 2. The number of primary amides is 1. The van der Waals surface area contributed by atoms with E-state index < -0.39 is 11.4 Å². The normalized spacial score (nSPS) is 16.2. The van der Waals surface area contributed by atoms with E-state index in [2.05, 4.69) is 15.3 Å². The second-order valence-corrected chi connectivity index (χ2v) is 6.28. The summed E-state index contributed by atoms with van der Waals surface area (Å²) in [6.45, 7) is 0.957. The first-order chi connectivity index (χ1) is 11.0. The molecular formula is C14H18ClN5O3S. The molecule has 0 unspecified atom stereocenters. The Kier molecular flexibility index (Phi) is 5.60. The van der Waals surface area contributed by atoms with Crippen LogP contribution in [0.2, 0.25) is 0 Å². The number of amides is 2. The van der Waals surface area contributed by atoms with Gasteiger partial charge in [0.25, 0.3) is 5.91 Å². The van der Waals surface area contributed by atoms with Crippen LogP contribution in [0.3, 0.4) is 0 Å². The lowest BCUT2D eigenvalue weighted by Gasteiger charge is -2.31. The molecule has 3 heterocycles. The average Bonchev–Trinajstić information content (AvgIpc) is 3.16. The molecule has 2 aromatic heterocycles. The summed E-state index contributed by atoms with van der Waals surface area (Å²) in [4.78, 5) is 30.6. The minimum atomic E-state index is -0.919. The van der Waals surface area contributed by atoms with E-state index in [0.717, 1.165) is 5.56 Å². The Morgan fingerprint density at radius 2 is 2.08 bits per heavy atom. The largest absolute Gasteiger partial charge is 0.381 e. The lowest BCUT2D eigenvalue weighted by atomic mass is 9.90. The van der Waals surface area contributed by atoms with Gasteiger partial charge in [-0.1, -0.05) is 0 Å². The van der Waals surface area contributed by atoms with E-state index in [1.54, 1.807) is 17.6 Å². The van der Waals surface area contributed by atoms with Gasteiger partial charge in [-0.05, 0) is 18.9 Å². The predicted molar refractivity (Wildman–Crippen MR) is 93.3 cm³/mol. The number of rotatable bonds is 4. The molecule has 1 fully saturated rings. The molecule has 0 atom stereocenters. The van der Waals surface area contributed by atoms with E-state index in [-0.39, 0.29) is 18.3 Å². The third kappa shape index (κ3) is 3.75. The van der Waals surface area contributed by atoms with Crippen molar-refractivity contribution in [3.63, 3.8) is 0 Å². The van der Waals surface area contributed by atoms with Crippen molar-refractivity contribution in [2.24, 2.45) is 11.5 Å². The van der Waals surface area contributed by atoms with E-state index >= 15 is 0 Å². The molecule has 0 spiro atoms. The van der Waals surface area contributed by atoms with Crippen LogP contribution in [0.25, 0.3) is 11.3 Å². The Bertz CT molecular complexity index is 738. The number of carbonyl (C=O) groups excluding carboxylic acids is 2. The van der Waals surface area contributed by atoms with Crippen LogP contribution in [0.5, 0.6) is 0 Å². The predicted octanol–water partition coefficient (Wildman–Crippen LogP) is 1.11. The summed E-state index contributed by atoms with van der Waals surface area (Å²) in [5, 5.41) is 5.01. The zero-order valence-electron chi connectivity index (χ0n) is 12.7. The molecule has 2 amide bonds. The molecular weight excluding hydrogens is 354 g/mol. The highest BCUT2D eigenvalue weighted by Crippen LogP contribution is 2.27. The van der Waals surface area contributed by atoms with E-state index in [1.165, 1.54) is 11.3 Å². The fourth-order valence-electron chi connectivity index (χ4n) is 2.33. The molecule has 0 aliphatic carbocycles. The first-order valence-electron chi connectivity index (χ1n) is 7.10. The molecule has 3 rings (SSSR count). The van der Waals surface area contributed by atoms with Crippen molar-refractivity contribution in [2.75, 3.05) is 18.5 Å². The average molecular weight is 372 g/mol. The molecule has 0 radical (unpaired) electrons. The van der Waals surface area contributed by atoms with Crippen molar-refractivity contribution < 1.29 is 14.3 Å². The van der Waals surface area contributed by atoms with E-state index in [0.29, 0.717) is 42.6 Å². The van der Waals surface area contributed by atoms with Crippen LogP contribution in [0.15, 0.2) is 17.6 Å². The Morgan fingerprint density at radius 3 is 2.71 bits per heavy atom. The smallest absolute Gasteiger partial charge is 0.265 e. The van der Waals surface area contributed by atoms with Crippen molar-refractivity contribution in [3.05, 3.63) is 23.3 Å². The van der Waals surface area contributed by atoms with Crippen LogP contribution in [0, 0.1) is 0 Å². The molecule has 130 valence electrons. The number of aromatic nitrogens is 2. The monoisotopic (exact) mass is 371 g/mol. The van der Waals surface area contributed by atoms with Crippen LogP contribution in [0.1, 0.15) is 23.3 Å². The van der Waals surface area contributed by atoms with Crippen LogP contribution in [-0.4, -0.2) is 40.5 Å². The summed E-state index contributed by atoms with van der Waals surface area (Å²) in [5.74, 6) is -0.793. The van der Waals surface area contributed by atoms with Gasteiger partial charge >= 0.3 is 0 Å². The topological polar surface area (TPSA) is 136 Å². The highest BCUT2D eigenvalue weighted by atomic mass is 35.5. The maximum atomic E-state index is 12.3. The van der Waals surface area contributed by atoms with Gasteiger partial charge < -0.3 is 26.5 Å². The van der Waals surface area contributed by atoms with Crippen molar-refractivity contribution >= 4 is 40.7 Å². The van der Waals surface area contributed by atoms with Gasteiger partial charge in [0.1, 0.15) is 11.2 Å². The Labute approximate surface area is 148 Å². The molecule has 1 aliphatic rings. The lowest BCUT2D eigenvalue weighted by molar-refractivity contribution is -0.124. The van der Waals surface area contributed by atoms with Crippen molar-refractivity contribution in [1.82, 2.24) is 9.97 Å². The number of hydrogen-bond acceptors (Lipinski definition) is 6. The van der Waals surface area contributed by atoms with Crippen molar-refractivity contribution in [2.45, 2.75) is 18.4 Å². The molecule has 0 saturated carbocycles. The van der Waals surface area contributed by atoms with Gasteiger partial charge in [0, 0.05) is 30.4 Å². The van der Waals surface area contributed by atoms with E-state index in [9.17, 15) is 9.59 Å². The summed E-state index contributed by atoms with van der Waals surface area (Å²) in [7, 11) is 0. The van der Waals surface area contributed by atoms with Gasteiger partial charge in [-0.3, -0.25) is 9.59 Å². The van der Waals surface area contributed by atoms with E-state index in [4.69, 9.17) is 16.2 Å². The van der Waals surface area contributed by atoms with E-state index in [1.807, 2.05) is 0 Å². The third-order valence-electron chi connectivity index (χ3n) is 3.81. The zero-order valence-corrected chi connectivity index (χ0v) is 14.3. The number of hydrogen-bond donors (Lipinski definition) is 4. The number of H-pyrrole nitrogens is 1. The quantitative estimate of drug-likeness (QED) is 0.638. The SMILES string of the molecule is Cl.NC(=O)c1cc(-c2csc(NC(=O)C3(N)CCOCC3)n2)c[nH]1. The number of nitrogens with zero attached hydrogens (tertiary/aromatic N) is 1. The fraction of sp³-hybridized carbons (Fsp3) is 0.357. The van der Waals surface area contributed by atoms with Crippen LogP contribution >= 0.6 is 23.7 Å². The molecule has 10 heteroatoms. The number of nitrogens with two attached hydrogens (primary N) is 2. The Hall–Kier alpha value is -1.94. The molecule has 8 nitrogen and oxygen atoms in total. The number of anilines is 1. The summed E-state index contributed by atoms with van der Waals surface area (Å²) in [6, 6.07) is 1.62. The van der Waals surface area contributed by atoms with Crippen molar-refractivity contribution in [3.8, 4) is 11.3 Å². The Balaban J connectivity index is 0.00000208. The van der Waals surface area contributed by atoms with Gasteiger partial charge in [-0.15, -0.1) is 23.7 Å². The molecule has 0 aromatic carbocycles. The number of halogens is 1. The van der Waals surface area contributed by atoms with Crippen LogP contribution in [0.4, 0.5) is 5.13 Å². The van der Waals surface area contributed by atoms with Crippen LogP contribution in [-0.2, 0) is 9.53 Å². The number of thiazole rings is 1. The molecule has 1 saturated heterocycles. The third-order valence-corrected chi connectivity index (χ3v) is 4.56. The summed E-state index contributed by atoms with van der Waals surface area (Å²) in [6.07, 6.45) is 2.61. The highest BCUT2D eigenvalue weighted by molar-refractivity contribution is 7.14. The zero-order chi connectivity index (χ0) is 16.4. The van der Waals surface area contributed by atoms with Gasteiger partial charge in [-0.25, -0.2) is 4.98 Å². The minimum Gasteiger partial charge on any atom is -0.381 e. The van der Waals surface area contributed by atoms with Gasteiger partial charge in [0.05, 0.1) is 5.69 Å². The van der Waals surface area contributed by atoms with Gasteiger partial charge in [0.15, 0.2) is 5.13 Å². The first-order valence-corrected chi connectivity index (χ1v) is 7.98. The highest BCUT2D eigenvalue weighted by Gasteiger charge is 2.36. The molecule has 24 heavy (non-hydrogen) atoms. The molecule has 2 aromatic rings. The number of nitrogens with one attached hydrogen (secondary N) is 2. The van der Waals surface area contributed by atoms with Gasteiger partial charge in [0.2, 0.25) is 5.91 Å². The molecule has 1 aliphatic heterocycles. The first kappa shape index (κ1) is 18.4. The Morgan fingerprint density at radius 1 is 1.38 bits per heavy atom. The standard InChI is InChI=1S/C14H17N5O3S.ClH/c15-11(20)9-5-8(6-17-9)10-7-23-13(18-10)19-12(21)14(16)1-3-22-4-2-14;/h5-7,17H,1-4,16H2,(H2,15,20)(H,18,19,21);1H. The fourth-order valence-corrected chi connectivity index (χ4v) is 3.05. The molecule has 0 bridgehead atoms. The second kappa shape index (κ2) is 7.31. The lowest BCUT2D eigenvalue weighted by Crippen LogP contribution is -2.54. The minimum absolute atomic E-state index is 0. The summed E-state index contributed by atoms with van der Waals surface area (Å²) >= 11 is 1.29. The maximum absolute atomic E-state index is 12.3. The summed E-state index contributed by atoms with van der Waals surface area (Å²) in [5.41, 5.74) is 12.1.